The Hall–Kier alpha value is -2.20. The van der Waals surface area contributed by atoms with Gasteiger partial charge < -0.3 is 10.4 Å². The van der Waals surface area contributed by atoms with Crippen molar-refractivity contribution in [2.75, 3.05) is 0 Å². The summed E-state index contributed by atoms with van der Waals surface area (Å²) in [5.41, 5.74) is 2.29. The average molecular weight is 273 g/mol. The maximum absolute atomic E-state index is 12.8. The van der Waals surface area contributed by atoms with Crippen LogP contribution in [-0.4, -0.2) is 11.1 Å². The molecule has 2 rings (SSSR count). The standard InChI is InChI=1S/C16H16FNO2/c1-11(13-6-8-15(17)9-7-13)18-10-12-2-4-14(5-3-12)16(19)20/h2-9,11,18H,10H2,1H3,(H,19,20). The molecule has 0 aliphatic carbocycles. The fourth-order valence-corrected chi connectivity index (χ4v) is 1.91. The van der Waals surface area contributed by atoms with Crippen molar-refractivity contribution in [3.63, 3.8) is 0 Å². The van der Waals surface area contributed by atoms with E-state index in [0.717, 1.165) is 11.1 Å². The number of halogens is 1. The molecule has 0 bridgehead atoms. The molecule has 1 unspecified atom stereocenters. The van der Waals surface area contributed by atoms with Crippen molar-refractivity contribution in [3.05, 3.63) is 71.0 Å². The Morgan fingerprint density at radius 3 is 2.30 bits per heavy atom. The number of benzene rings is 2. The first-order valence-electron chi connectivity index (χ1n) is 6.37. The van der Waals surface area contributed by atoms with Crippen LogP contribution >= 0.6 is 0 Å². The van der Waals surface area contributed by atoms with Crippen molar-refractivity contribution < 1.29 is 14.3 Å². The van der Waals surface area contributed by atoms with Crippen LogP contribution in [0.2, 0.25) is 0 Å². The highest BCUT2D eigenvalue weighted by Crippen LogP contribution is 2.14. The zero-order valence-corrected chi connectivity index (χ0v) is 11.1. The molecule has 20 heavy (non-hydrogen) atoms. The van der Waals surface area contributed by atoms with Crippen molar-refractivity contribution in [1.29, 1.82) is 0 Å². The van der Waals surface area contributed by atoms with Crippen LogP contribution in [0.1, 0.15) is 34.5 Å². The second-order valence-corrected chi connectivity index (χ2v) is 4.66. The maximum Gasteiger partial charge on any atom is 0.335 e. The molecular weight excluding hydrogens is 257 g/mol. The van der Waals surface area contributed by atoms with Gasteiger partial charge in [-0.2, -0.15) is 0 Å². The van der Waals surface area contributed by atoms with E-state index in [0.29, 0.717) is 6.54 Å². The Balaban J connectivity index is 1.94. The van der Waals surface area contributed by atoms with Crippen LogP contribution in [0.3, 0.4) is 0 Å². The van der Waals surface area contributed by atoms with E-state index >= 15 is 0 Å². The number of rotatable bonds is 5. The number of hydrogen-bond acceptors (Lipinski definition) is 2. The summed E-state index contributed by atoms with van der Waals surface area (Å²) >= 11 is 0. The predicted molar refractivity (Wildman–Crippen MR) is 75.1 cm³/mol. The van der Waals surface area contributed by atoms with E-state index in [1.165, 1.54) is 12.1 Å². The van der Waals surface area contributed by atoms with Gasteiger partial charge in [-0.3, -0.25) is 0 Å². The second kappa shape index (κ2) is 6.30. The quantitative estimate of drug-likeness (QED) is 0.878. The summed E-state index contributed by atoms with van der Waals surface area (Å²) < 4.78 is 12.8. The number of carboxylic acids is 1. The maximum atomic E-state index is 12.8. The van der Waals surface area contributed by atoms with Gasteiger partial charge in [-0.15, -0.1) is 0 Å². The molecule has 2 aromatic rings. The van der Waals surface area contributed by atoms with E-state index in [4.69, 9.17) is 5.11 Å². The van der Waals surface area contributed by atoms with Crippen LogP contribution in [0.5, 0.6) is 0 Å². The van der Waals surface area contributed by atoms with E-state index in [1.54, 1.807) is 36.4 Å². The molecule has 0 radical (unpaired) electrons. The molecule has 1 atom stereocenters. The Morgan fingerprint density at radius 2 is 1.75 bits per heavy atom. The van der Waals surface area contributed by atoms with Gasteiger partial charge in [0.2, 0.25) is 0 Å². The lowest BCUT2D eigenvalue weighted by atomic mass is 10.1. The van der Waals surface area contributed by atoms with Gasteiger partial charge in [-0.05, 0) is 42.3 Å². The molecule has 0 aromatic heterocycles. The van der Waals surface area contributed by atoms with Crippen LogP contribution in [0.4, 0.5) is 4.39 Å². The minimum atomic E-state index is -0.927. The highest BCUT2D eigenvalue weighted by atomic mass is 19.1. The first kappa shape index (κ1) is 14.2. The van der Waals surface area contributed by atoms with E-state index in [1.807, 2.05) is 6.92 Å². The van der Waals surface area contributed by atoms with E-state index in [2.05, 4.69) is 5.32 Å². The molecule has 0 aliphatic heterocycles. The highest BCUT2D eigenvalue weighted by molar-refractivity contribution is 5.87. The van der Waals surface area contributed by atoms with Gasteiger partial charge in [-0.1, -0.05) is 24.3 Å². The molecule has 0 aliphatic rings. The number of nitrogens with one attached hydrogen (secondary N) is 1. The molecule has 104 valence electrons. The number of carbonyl (C=O) groups is 1. The summed E-state index contributed by atoms with van der Waals surface area (Å²) in [6, 6.07) is 13.2. The van der Waals surface area contributed by atoms with Gasteiger partial charge in [0.05, 0.1) is 5.56 Å². The van der Waals surface area contributed by atoms with Crippen LogP contribution < -0.4 is 5.32 Å². The Morgan fingerprint density at radius 1 is 1.15 bits per heavy atom. The van der Waals surface area contributed by atoms with Gasteiger partial charge in [0, 0.05) is 12.6 Å². The highest BCUT2D eigenvalue weighted by Gasteiger charge is 2.06. The molecule has 0 saturated carbocycles. The number of aromatic carboxylic acids is 1. The lowest BCUT2D eigenvalue weighted by molar-refractivity contribution is 0.0697. The van der Waals surface area contributed by atoms with Crippen molar-refractivity contribution in [1.82, 2.24) is 5.32 Å². The molecule has 0 spiro atoms. The Kier molecular flexibility index (Phi) is 4.48. The Bertz CT molecular complexity index is 578. The molecule has 0 fully saturated rings. The summed E-state index contributed by atoms with van der Waals surface area (Å²) in [5, 5.41) is 12.1. The number of carboxylic acid groups (broad SMARTS) is 1. The van der Waals surface area contributed by atoms with Crippen LogP contribution in [0, 0.1) is 5.82 Å². The monoisotopic (exact) mass is 273 g/mol. The van der Waals surface area contributed by atoms with Crippen LogP contribution in [0.15, 0.2) is 48.5 Å². The molecule has 0 saturated heterocycles. The normalized spacial score (nSPS) is 12.1. The topological polar surface area (TPSA) is 49.3 Å². The van der Waals surface area contributed by atoms with Crippen LogP contribution in [-0.2, 0) is 6.54 Å². The second-order valence-electron chi connectivity index (χ2n) is 4.66. The van der Waals surface area contributed by atoms with Crippen molar-refractivity contribution >= 4 is 5.97 Å². The number of hydrogen-bond donors (Lipinski definition) is 2. The third kappa shape index (κ3) is 3.65. The minimum absolute atomic E-state index is 0.0924. The average Bonchev–Trinajstić information content (AvgIpc) is 2.46. The SMILES string of the molecule is CC(NCc1ccc(C(=O)O)cc1)c1ccc(F)cc1. The lowest BCUT2D eigenvalue weighted by Crippen LogP contribution is -2.18. The summed E-state index contributed by atoms with van der Waals surface area (Å²) in [7, 11) is 0. The fraction of sp³-hybridized carbons (Fsp3) is 0.188. The van der Waals surface area contributed by atoms with Gasteiger partial charge >= 0.3 is 5.97 Å². The molecule has 0 amide bonds. The first-order chi connectivity index (χ1) is 9.56. The van der Waals surface area contributed by atoms with Gasteiger partial charge in [0.15, 0.2) is 0 Å². The fourth-order valence-electron chi connectivity index (χ4n) is 1.91. The first-order valence-corrected chi connectivity index (χ1v) is 6.37. The molecule has 2 N–H and O–H groups in total. The zero-order valence-electron chi connectivity index (χ0n) is 11.1. The summed E-state index contributed by atoms with van der Waals surface area (Å²) in [4.78, 5) is 10.7. The predicted octanol–water partition coefficient (Wildman–Crippen LogP) is 3.37. The molecular formula is C16H16FNO2. The molecule has 0 heterocycles. The van der Waals surface area contributed by atoms with Crippen molar-refractivity contribution in [2.24, 2.45) is 0 Å². The smallest absolute Gasteiger partial charge is 0.335 e. The third-order valence-corrected chi connectivity index (χ3v) is 3.18. The van der Waals surface area contributed by atoms with Crippen molar-refractivity contribution in [2.45, 2.75) is 19.5 Å². The van der Waals surface area contributed by atoms with Crippen molar-refractivity contribution in [3.8, 4) is 0 Å². The summed E-state index contributed by atoms with van der Waals surface area (Å²) in [6.45, 7) is 2.62. The van der Waals surface area contributed by atoms with E-state index in [9.17, 15) is 9.18 Å². The van der Waals surface area contributed by atoms with Gasteiger partial charge in [-0.25, -0.2) is 9.18 Å². The Labute approximate surface area is 117 Å². The van der Waals surface area contributed by atoms with Gasteiger partial charge in [0.25, 0.3) is 0 Å². The zero-order chi connectivity index (χ0) is 14.5. The molecule has 3 nitrogen and oxygen atoms in total. The van der Waals surface area contributed by atoms with Gasteiger partial charge in [0.1, 0.15) is 5.82 Å². The molecule has 2 aromatic carbocycles. The minimum Gasteiger partial charge on any atom is -0.478 e. The lowest BCUT2D eigenvalue weighted by Gasteiger charge is -2.14. The summed E-state index contributed by atoms with van der Waals surface area (Å²) in [5.74, 6) is -1.17. The molecule has 4 heteroatoms. The van der Waals surface area contributed by atoms with E-state index in [-0.39, 0.29) is 17.4 Å². The third-order valence-electron chi connectivity index (χ3n) is 3.18. The summed E-state index contributed by atoms with van der Waals surface area (Å²) in [6.07, 6.45) is 0. The van der Waals surface area contributed by atoms with Crippen LogP contribution in [0.25, 0.3) is 0 Å². The van der Waals surface area contributed by atoms with E-state index < -0.39 is 5.97 Å². The largest absolute Gasteiger partial charge is 0.478 e.